The van der Waals surface area contributed by atoms with Gasteiger partial charge in [-0.05, 0) is 92.3 Å². The summed E-state index contributed by atoms with van der Waals surface area (Å²) in [7, 11) is 3.89. The zero-order valence-corrected chi connectivity index (χ0v) is 21.8. The largest absolute Gasteiger partial charge is 0.388 e. The molecule has 1 saturated heterocycles. The summed E-state index contributed by atoms with van der Waals surface area (Å²) < 4.78 is 7.28. The van der Waals surface area contributed by atoms with Crippen LogP contribution in [0.2, 0.25) is 0 Å². The molecule has 3 aliphatic carbocycles. The van der Waals surface area contributed by atoms with E-state index in [-0.39, 0.29) is 17.4 Å². The predicted molar refractivity (Wildman–Crippen MR) is 141 cm³/mol. The molecule has 37 heavy (non-hydrogen) atoms. The quantitative estimate of drug-likeness (QED) is 0.604. The van der Waals surface area contributed by atoms with Crippen molar-refractivity contribution in [3.05, 3.63) is 59.9 Å². The van der Waals surface area contributed by atoms with Crippen LogP contribution in [0.25, 0.3) is 16.3 Å². The van der Waals surface area contributed by atoms with Crippen molar-refractivity contribution in [2.75, 3.05) is 14.1 Å². The number of ether oxygens (including phenoxy) is 1. The van der Waals surface area contributed by atoms with Crippen LogP contribution in [0, 0.1) is 28.1 Å². The minimum atomic E-state index is -1.01. The van der Waals surface area contributed by atoms with E-state index in [0.29, 0.717) is 12.8 Å². The maximum absolute atomic E-state index is 11.3. The maximum Gasteiger partial charge on any atom is 0.105 e. The van der Waals surface area contributed by atoms with Gasteiger partial charge in [-0.3, -0.25) is 4.98 Å². The molecular weight excluding hydrogens is 462 g/mol. The minimum Gasteiger partial charge on any atom is -0.388 e. The molecule has 2 saturated carbocycles. The molecule has 1 aromatic heterocycles. The number of benzene rings is 1. The van der Waals surface area contributed by atoms with E-state index >= 15 is 0 Å². The molecule has 2 aliphatic heterocycles. The number of rotatable bonds is 2. The highest BCUT2D eigenvalue weighted by Gasteiger charge is 2.74. The molecule has 2 aromatic rings. The lowest BCUT2D eigenvalue weighted by Gasteiger charge is -2.61. The molecule has 192 valence electrons. The van der Waals surface area contributed by atoms with Crippen LogP contribution >= 0.6 is 0 Å². The molecule has 8 atom stereocenters. The smallest absolute Gasteiger partial charge is 0.105 e. The maximum atomic E-state index is 11.3. The molecule has 2 bridgehead atoms. The zero-order valence-electron chi connectivity index (χ0n) is 21.8. The van der Waals surface area contributed by atoms with E-state index in [2.05, 4.69) is 48.3 Å². The summed E-state index contributed by atoms with van der Waals surface area (Å²) in [6.07, 6.45) is 10.9. The van der Waals surface area contributed by atoms with Gasteiger partial charge in [0.1, 0.15) is 11.5 Å². The lowest BCUT2D eigenvalue weighted by atomic mass is 9.49. The fourth-order valence-electron chi connectivity index (χ4n) is 8.94. The van der Waals surface area contributed by atoms with Gasteiger partial charge in [-0.15, -0.1) is 0 Å². The first-order valence-electron chi connectivity index (χ1n) is 13.6. The van der Waals surface area contributed by atoms with Crippen molar-refractivity contribution >= 4 is 16.3 Å². The summed E-state index contributed by atoms with van der Waals surface area (Å²) >= 11 is 0. The van der Waals surface area contributed by atoms with Gasteiger partial charge in [0.25, 0.3) is 0 Å². The normalized spacial score (nSPS) is 44.0. The number of allylic oxidation sites excluding steroid dienone is 2. The Balaban J connectivity index is 1.32. The third kappa shape index (κ3) is 2.81. The average molecular weight is 498 g/mol. The van der Waals surface area contributed by atoms with Crippen molar-refractivity contribution in [2.24, 2.45) is 16.7 Å². The van der Waals surface area contributed by atoms with Crippen molar-refractivity contribution in [3.63, 3.8) is 0 Å². The van der Waals surface area contributed by atoms with Crippen LogP contribution in [0.3, 0.4) is 0 Å². The molecule has 6 heteroatoms. The van der Waals surface area contributed by atoms with Crippen LogP contribution in [-0.4, -0.2) is 63.6 Å². The molecule has 0 radical (unpaired) electrons. The number of likely N-dealkylation sites (N-methyl/N-ethyl adjacent to an activating group) is 1. The average Bonchev–Trinajstić information content (AvgIpc) is 3.42. The number of hydrogen-bond donors (Lipinski definition) is 2. The lowest BCUT2D eigenvalue weighted by Crippen LogP contribution is -2.66. The number of aromatic nitrogens is 1. The molecule has 2 N–H and O–H groups in total. The van der Waals surface area contributed by atoms with Gasteiger partial charge in [-0.2, -0.15) is 5.26 Å². The van der Waals surface area contributed by atoms with Crippen molar-refractivity contribution in [2.45, 2.75) is 74.9 Å². The van der Waals surface area contributed by atoms with Gasteiger partial charge in [-0.1, -0.05) is 31.2 Å². The highest BCUT2D eigenvalue weighted by Crippen LogP contribution is 2.72. The summed E-state index contributed by atoms with van der Waals surface area (Å²) in [5.41, 5.74) is 1.20. The molecule has 6 nitrogen and oxygen atoms in total. The van der Waals surface area contributed by atoms with E-state index in [1.807, 2.05) is 37.5 Å². The van der Waals surface area contributed by atoms with E-state index in [9.17, 15) is 15.5 Å². The number of aliphatic hydroxyl groups is 2. The van der Waals surface area contributed by atoms with Gasteiger partial charge in [0, 0.05) is 29.7 Å². The molecule has 5 aliphatic rings. The van der Waals surface area contributed by atoms with Crippen LogP contribution in [0.1, 0.15) is 51.0 Å². The highest BCUT2D eigenvalue weighted by atomic mass is 16.5. The van der Waals surface area contributed by atoms with Crippen LogP contribution in [0.4, 0.5) is 0 Å². The standard InChI is InChI=1S/C31H35N3O3/c1-28-9-10-29(18-32)15-23-26(35)27(36)24(34(2)3)16-30(23)11-12-31(29,37-30)25(28)7-6-22(28)20-5-4-19-8-13-33-17-21(19)14-20/h4-6,8,13-15,17,24-27,35-36H,7,9-12,16H2,1-3H3. The Morgan fingerprint density at radius 1 is 1.11 bits per heavy atom. The van der Waals surface area contributed by atoms with Gasteiger partial charge in [-0.25, -0.2) is 0 Å². The minimum absolute atomic E-state index is 0.110. The third-order valence-electron chi connectivity index (χ3n) is 10.9. The van der Waals surface area contributed by atoms with Gasteiger partial charge in [0.2, 0.25) is 0 Å². The number of fused-ring (bicyclic) bond motifs is 2. The van der Waals surface area contributed by atoms with E-state index in [4.69, 9.17) is 4.74 Å². The van der Waals surface area contributed by atoms with Crippen LogP contribution in [0.15, 0.2) is 54.4 Å². The van der Waals surface area contributed by atoms with Crippen molar-refractivity contribution in [1.82, 2.24) is 9.88 Å². The number of hydrogen-bond acceptors (Lipinski definition) is 6. The Morgan fingerprint density at radius 3 is 2.73 bits per heavy atom. The molecule has 3 heterocycles. The number of aliphatic hydroxyl groups excluding tert-OH is 2. The second-order valence-corrected chi connectivity index (χ2v) is 12.6. The van der Waals surface area contributed by atoms with Gasteiger partial charge in [0.05, 0.1) is 23.4 Å². The molecule has 7 rings (SSSR count). The summed E-state index contributed by atoms with van der Waals surface area (Å²) in [4.78, 5) is 6.32. The molecule has 3 fully saturated rings. The second kappa shape index (κ2) is 7.51. The van der Waals surface area contributed by atoms with Gasteiger partial charge in [0.15, 0.2) is 0 Å². The van der Waals surface area contributed by atoms with E-state index in [1.165, 1.54) is 16.5 Å². The zero-order chi connectivity index (χ0) is 25.8. The van der Waals surface area contributed by atoms with Crippen molar-refractivity contribution < 1.29 is 14.9 Å². The topological polar surface area (TPSA) is 89.6 Å². The summed E-state index contributed by atoms with van der Waals surface area (Å²) in [6, 6.07) is 11.2. The fourth-order valence-corrected chi connectivity index (χ4v) is 8.94. The fraction of sp³-hybridized carbons (Fsp3) is 0.548. The monoisotopic (exact) mass is 497 g/mol. The van der Waals surface area contributed by atoms with Crippen LogP contribution in [0.5, 0.6) is 0 Å². The number of nitriles is 1. The summed E-state index contributed by atoms with van der Waals surface area (Å²) in [6.45, 7) is 2.37. The summed E-state index contributed by atoms with van der Waals surface area (Å²) in [5.74, 6) is 0.173. The number of nitrogens with zero attached hydrogens (tertiary/aromatic N) is 3. The molecule has 0 amide bonds. The second-order valence-electron chi connectivity index (χ2n) is 12.6. The molecule has 2 spiro atoms. The third-order valence-corrected chi connectivity index (χ3v) is 10.9. The van der Waals surface area contributed by atoms with E-state index in [0.717, 1.165) is 36.6 Å². The molecule has 8 unspecified atom stereocenters. The van der Waals surface area contributed by atoms with E-state index < -0.39 is 28.8 Å². The Kier molecular flexibility index (Phi) is 4.78. The lowest BCUT2D eigenvalue weighted by molar-refractivity contribution is -0.223. The Morgan fingerprint density at radius 2 is 1.95 bits per heavy atom. The van der Waals surface area contributed by atoms with Crippen LogP contribution < -0.4 is 0 Å². The van der Waals surface area contributed by atoms with Crippen LogP contribution in [-0.2, 0) is 4.74 Å². The van der Waals surface area contributed by atoms with Gasteiger partial charge >= 0.3 is 0 Å². The van der Waals surface area contributed by atoms with Gasteiger partial charge < -0.3 is 19.8 Å². The summed E-state index contributed by atoms with van der Waals surface area (Å²) in [5, 5.41) is 35.3. The number of pyridine rings is 1. The van der Waals surface area contributed by atoms with Crippen molar-refractivity contribution in [1.29, 1.82) is 5.26 Å². The first-order valence-corrected chi connectivity index (χ1v) is 13.6. The highest BCUT2D eigenvalue weighted by molar-refractivity contribution is 5.87. The molecule has 1 aromatic carbocycles. The first-order chi connectivity index (χ1) is 17.7. The Bertz CT molecular complexity index is 1410. The Labute approximate surface area is 218 Å². The predicted octanol–water partition coefficient (Wildman–Crippen LogP) is 4.23. The van der Waals surface area contributed by atoms with Crippen molar-refractivity contribution in [3.8, 4) is 6.07 Å². The Hall–Kier alpha value is -2.56. The first kappa shape index (κ1) is 23.5. The van der Waals surface area contributed by atoms with E-state index in [1.54, 1.807) is 0 Å². The molecular formula is C31H35N3O3. The SMILES string of the molecule is CN(C)C1CC23CCC4(O2)C2CC=C(c5ccc6ccncc6c5)C2(C)CCC4(C#N)C=C3C(O)C1O.